The highest BCUT2D eigenvalue weighted by atomic mass is 16.6. The van der Waals surface area contributed by atoms with E-state index in [0.717, 1.165) is 24.7 Å². The van der Waals surface area contributed by atoms with Gasteiger partial charge in [-0.2, -0.15) is 0 Å². The third kappa shape index (κ3) is 6.42. The summed E-state index contributed by atoms with van der Waals surface area (Å²) < 4.78 is 10.9. The molecule has 1 aliphatic carbocycles. The molecule has 3 heteroatoms. The van der Waals surface area contributed by atoms with E-state index in [9.17, 15) is 4.79 Å². The Morgan fingerprint density at radius 2 is 1.79 bits per heavy atom. The second-order valence-corrected chi connectivity index (χ2v) is 6.82. The molecule has 1 atom stereocenters. The van der Waals surface area contributed by atoms with Gasteiger partial charge in [-0.15, -0.1) is 0 Å². The molecule has 1 rings (SSSR count). The van der Waals surface area contributed by atoms with Gasteiger partial charge in [-0.05, 0) is 58.3 Å². The van der Waals surface area contributed by atoms with Crippen LogP contribution in [0.15, 0.2) is 0 Å². The van der Waals surface area contributed by atoms with Gasteiger partial charge >= 0.3 is 5.97 Å². The molecule has 0 aliphatic heterocycles. The first-order chi connectivity index (χ1) is 8.81. The van der Waals surface area contributed by atoms with Gasteiger partial charge in [0.25, 0.3) is 0 Å². The van der Waals surface area contributed by atoms with E-state index in [1.807, 2.05) is 20.8 Å². The number of hydrogen-bond donors (Lipinski definition) is 0. The van der Waals surface area contributed by atoms with Crippen LogP contribution in [0, 0.1) is 11.8 Å². The second kappa shape index (κ2) is 7.28. The molecule has 0 aromatic rings. The molecule has 1 aliphatic rings. The van der Waals surface area contributed by atoms with Gasteiger partial charge in [-0.25, -0.2) is 4.79 Å². The maximum Gasteiger partial charge on any atom is 0.332 e. The molecule has 0 bridgehead atoms. The molecular weight excluding hydrogens is 240 g/mol. The van der Waals surface area contributed by atoms with Gasteiger partial charge in [0.1, 0.15) is 12.2 Å². The molecule has 1 unspecified atom stereocenters. The lowest BCUT2D eigenvalue weighted by Gasteiger charge is -2.31. The molecule has 0 aromatic carbocycles. The number of ether oxygens (including phenoxy) is 2. The van der Waals surface area contributed by atoms with Crippen LogP contribution < -0.4 is 0 Å². The van der Waals surface area contributed by atoms with E-state index in [2.05, 4.69) is 13.8 Å². The van der Waals surface area contributed by atoms with Crippen LogP contribution in [0.3, 0.4) is 0 Å². The molecule has 0 radical (unpaired) electrons. The number of carbonyl (C=O) groups excluding carboxylic acids is 1. The fourth-order valence-electron chi connectivity index (χ4n) is 2.71. The van der Waals surface area contributed by atoms with Gasteiger partial charge < -0.3 is 9.47 Å². The van der Waals surface area contributed by atoms with Crippen molar-refractivity contribution < 1.29 is 14.3 Å². The van der Waals surface area contributed by atoms with Gasteiger partial charge in [0.15, 0.2) is 0 Å². The molecule has 3 nitrogen and oxygen atoms in total. The summed E-state index contributed by atoms with van der Waals surface area (Å²) in [5.74, 6) is 1.40. The zero-order chi connectivity index (χ0) is 14.5. The van der Waals surface area contributed by atoms with E-state index in [1.54, 1.807) is 0 Å². The molecule has 1 fully saturated rings. The highest BCUT2D eigenvalue weighted by Gasteiger charge is 2.25. The molecule has 0 heterocycles. The Bertz CT molecular complexity index is 272. The molecule has 0 saturated heterocycles. The van der Waals surface area contributed by atoms with Crippen molar-refractivity contribution in [3.63, 3.8) is 0 Å². The number of hydrogen-bond acceptors (Lipinski definition) is 3. The van der Waals surface area contributed by atoms with E-state index in [-0.39, 0.29) is 18.7 Å². The summed E-state index contributed by atoms with van der Waals surface area (Å²) in [6.45, 7) is 10.3. The van der Waals surface area contributed by atoms with Crippen molar-refractivity contribution in [3.8, 4) is 0 Å². The summed E-state index contributed by atoms with van der Waals surface area (Å²) in [5.41, 5.74) is -0.422. The largest absolute Gasteiger partial charge is 0.458 e. The zero-order valence-corrected chi connectivity index (χ0v) is 13.2. The quantitative estimate of drug-likeness (QED) is 0.710. The normalized spacial score (nSPS) is 25.9. The molecular formula is C16H30O3. The van der Waals surface area contributed by atoms with Crippen molar-refractivity contribution in [3.05, 3.63) is 0 Å². The van der Waals surface area contributed by atoms with Crippen molar-refractivity contribution in [2.75, 3.05) is 6.61 Å². The van der Waals surface area contributed by atoms with E-state index in [0.29, 0.717) is 0 Å². The van der Waals surface area contributed by atoms with E-state index in [4.69, 9.17) is 9.47 Å². The standard InChI is InChI=1S/C16H30O3/c1-6-12(2)13-7-9-14(10-8-13)18-11-15(17)19-16(3,4)5/h12-14H,6-11H2,1-5H3. The lowest BCUT2D eigenvalue weighted by atomic mass is 9.79. The summed E-state index contributed by atoms with van der Waals surface area (Å²) in [4.78, 5) is 11.6. The number of esters is 1. The predicted molar refractivity (Wildman–Crippen MR) is 77.0 cm³/mol. The third-order valence-electron chi connectivity index (χ3n) is 4.02. The van der Waals surface area contributed by atoms with Crippen molar-refractivity contribution in [2.45, 2.75) is 78.4 Å². The van der Waals surface area contributed by atoms with Gasteiger partial charge in [-0.1, -0.05) is 20.3 Å². The van der Waals surface area contributed by atoms with Crippen LogP contribution in [0.5, 0.6) is 0 Å². The first kappa shape index (κ1) is 16.5. The minimum atomic E-state index is -0.422. The Hall–Kier alpha value is -0.570. The molecule has 19 heavy (non-hydrogen) atoms. The fourth-order valence-corrected chi connectivity index (χ4v) is 2.71. The van der Waals surface area contributed by atoms with Crippen LogP contribution in [0.25, 0.3) is 0 Å². The van der Waals surface area contributed by atoms with Crippen LogP contribution in [0.1, 0.15) is 66.7 Å². The maximum atomic E-state index is 11.6. The smallest absolute Gasteiger partial charge is 0.332 e. The van der Waals surface area contributed by atoms with Crippen LogP contribution >= 0.6 is 0 Å². The summed E-state index contributed by atoms with van der Waals surface area (Å²) >= 11 is 0. The highest BCUT2D eigenvalue weighted by Crippen LogP contribution is 2.32. The Balaban J connectivity index is 2.21. The Kier molecular flexibility index (Phi) is 6.31. The summed E-state index contributed by atoms with van der Waals surface area (Å²) in [7, 11) is 0. The first-order valence-electron chi connectivity index (χ1n) is 7.65. The second-order valence-electron chi connectivity index (χ2n) is 6.82. The fraction of sp³-hybridized carbons (Fsp3) is 0.938. The Morgan fingerprint density at radius 1 is 1.21 bits per heavy atom. The average molecular weight is 270 g/mol. The highest BCUT2D eigenvalue weighted by molar-refractivity contribution is 5.71. The maximum absolute atomic E-state index is 11.6. The molecule has 0 amide bonds. The lowest BCUT2D eigenvalue weighted by molar-refractivity contribution is -0.163. The molecule has 0 spiro atoms. The SMILES string of the molecule is CCC(C)C1CCC(OCC(=O)OC(C)(C)C)CC1. The van der Waals surface area contributed by atoms with E-state index >= 15 is 0 Å². The molecule has 1 saturated carbocycles. The summed E-state index contributed by atoms with van der Waals surface area (Å²) in [5, 5.41) is 0. The van der Waals surface area contributed by atoms with Crippen molar-refractivity contribution in [1.29, 1.82) is 0 Å². The number of rotatable bonds is 5. The Labute approximate surface area is 118 Å². The predicted octanol–water partition coefficient (Wildman–Crippen LogP) is 3.95. The lowest BCUT2D eigenvalue weighted by Crippen LogP contribution is -2.30. The van der Waals surface area contributed by atoms with Gasteiger partial charge in [0.05, 0.1) is 6.10 Å². The van der Waals surface area contributed by atoms with Crippen molar-refractivity contribution in [1.82, 2.24) is 0 Å². The average Bonchev–Trinajstić information content (AvgIpc) is 2.34. The molecule has 0 N–H and O–H groups in total. The van der Waals surface area contributed by atoms with Gasteiger partial charge in [0.2, 0.25) is 0 Å². The molecule has 0 aromatic heterocycles. The first-order valence-corrected chi connectivity index (χ1v) is 7.65. The van der Waals surface area contributed by atoms with Crippen molar-refractivity contribution >= 4 is 5.97 Å². The summed E-state index contributed by atoms with van der Waals surface area (Å²) in [6.07, 6.45) is 6.12. The number of carbonyl (C=O) groups is 1. The Morgan fingerprint density at radius 3 is 2.26 bits per heavy atom. The molecule has 112 valence electrons. The van der Waals surface area contributed by atoms with Crippen LogP contribution in [-0.4, -0.2) is 24.3 Å². The third-order valence-corrected chi connectivity index (χ3v) is 4.02. The van der Waals surface area contributed by atoms with Crippen LogP contribution in [-0.2, 0) is 14.3 Å². The minimum absolute atomic E-state index is 0.0932. The van der Waals surface area contributed by atoms with E-state index in [1.165, 1.54) is 19.3 Å². The minimum Gasteiger partial charge on any atom is -0.458 e. The van der Waals surface area contributed by atoms with Gasteiger partial charge in [-0.3, -0.25) is 0 Å². The monoisotopic (exact) mass is 270 g/mol. The topological polar surface area (TPSA) is 35.5 Å². The zero-order valence-electron chi connectivity index (χ0n) is 13.2. The van der Waals surface area contributed by atoms with E-state index < -0.39 is 5.60 Å². The van der Waals surface area contributed by atoms with Gasteiger partial charge in [0, 0.05) is 0 Å². The van der Waals surface area contributed by atoms with Crippen molar-refractivity contribution in [2.24, 2.45) is 11.8 Å². The summed E-state index contributed by atoms with van der Waals surface area (Å²) in [6, 6.07) is 0. The van der Waals surface area contributed by atoms with Crippen LogP contribution in [0.4, 0.5) is 0 Å². The van der Waals surface area contributed by atoms with Crippen LogP contribution in [0.2, 0.25) is 0 Å².